The van der Waals surface area contributed by atoms with Gasteiger partial charge in [-0.25, -0.2) is 0 Å². The summed E-state index contributed by atoms with van der Waals surface area (Å²) in [5, 5.41) is 9.29. The molecule has 1 fully saturated rings. The number of nitrogens with two attached hydrogens (primary N) is 1. The van der Waals surface area contributed by atoms with E-state index in [-0.39, 0.29) is 17.9 Å². The molecule has 1 rings (SSSR count). The van der Waals surface area contributed by atoms with Gasteiger partial charge in [-0.1, -0.05) is 27.7 Å². The summed E-state index contributed by atoms with van der Waals surface area (Å²) in [6.07, 6.45) is 1.05. The molecule has 1 unspecified atom stereocenters. The summed E-state index contributed by atoms with van der Waals surface area (Å²) < 4.78 is 0. The van der Waals surface area contributed by atoms with Crippen molar-refractivity contribution in [3.63, 3.8) is 0 Å². The predicted molar refractivity (Wildman–Crippen MR) is 69.0 cm³/mol. The predicted octanol–water partition coefficient (Wildman–Crippen LogP) is 1.07. The maximum absolute atomic E-state index is 12.2. The topological polar surface area (TPSA) is 83.6 Å². The fraction of sp³-hybridized carbons (Fsp3) is 0.846. The summed E-state index contributed by atoms with van der Waals surface area (Å²) in [6, 6.07) is -0.584. The van der Waals surface area contributed by atoms with Crippen molar-refractivity contribution in [2.45, 2.75) is 46.6 Å². The van der Waals surface area contributed by atoms with Crippen LogP contribution in [-0.2, 0) is 9.59 Å². The van der Waals surface area contributed by atoms with Crippen molar-refractivity contribution in [2.75, 3.05) is 13.1 Å². The van der Waals surface area contributed by atoms with Gasteiger partial charge in [0.05, 0.1) is 11.5 Å². The van der Waals surface area contributed by atoms with Crippen molar-refractivity contribution < 1.29 is 14.7 Å². The molecule has 0 aromatic heterocycles. The third-order valence-electron chi connectivity index (χ3n) is 3.99. The van der Waals surface area contributed by atoms with E-state index >= 15 is 0 Å². The van der Waals surface area contributed by atoms with Crippen LogP contribution in [0.15, 0.2) is 0 Å². The molecule has 18 heavy (non-hydrogen) atoms. The number of aliphatic carboxylic acids is 1. The Labute approximate surface area is 108 Å². The maximum Gasteiger partial charge on any atom is 0.311 e. The molecule has 5 heteroatoms. The van der Waals surface area contributed by atoms with E-state index in [1.807, 2.05) is 27.7 Å². The largest absolute Gasteiger partial charge is 0.481 e. The van der Waals surface area contributed by atoms with Crippen molar-refractivity contribution in [1.29, 1.82) is 0 Å². The summed E-state index contributed by atoms with van der Waals surface area (Å²) in [4.78, 5) is 25.2. The van der Waals surface area contributed by atoms with Crippen molar-refractivity contribution in [2.24, 2.45) is 16.6 Å². The molecule has 0 aromatic carbocycles. The third-order valence-corrected chi connectivity index (χ3v) is 3.99. The lowest BCUT2D eigenvalue weighted by Gasteiger charge is -2.30. The highest BCUT2D eigenvalue weighted by Crippen LogP contribution is 2.35. The smallest absolute Gasteiger partial charge is 0.311 e. The molecule has 1 saturated heterocycles. The molecule has 3 N–H and O–H groups in total. The molecule has 0 aromatic rings. The second-order valence-corrected chi connectivity index (χ2v) is 6.29. The summed E-state index contributed by atoms with van der Waals surface area (Å²) in [5.41, 5.74) is 4.85. The van der Waals surface area contributed by atoms with E-state index in [4.69, 9.17) is 5.73 Å². The Kier molecular flexibility index (Phi) is 4.05. The molecule has 1 aliphatic heterocycles. The Balaban J connectivity index is 2.79. The van der Waals surface area contributed by atoms with Gasteiger partial charge in [-0.2, -0.15) is 0 Å². The standard InChI is InChI=1S/C13H24N2O3/c1-5-13(11(17)18)6-7-15(8-13)10(16)9(14)12(2,3)4/h9H,5-8,14H2,1-4H3,(H,17,18)/t9-,13?/m1/s1. The van der Waals surface area contributed by atoms with Crippen molar-refractivity contribution in [1.82, 2.24) is 4.90 Å². The van der Waals surface area contributed by atoms with Gasteiger partial charge < -0.3 is 15.7 Å². The van der Waals surface area contributed by atoms with E-state index < -0.39 is 17.4 Å². The van der Waals surface area contributed by atoms with Crippen LogP contribution in [0.2, 0.25) is 0 Å². The average Bonchev–Trinajstić information content (AvgIpc) is 2.71. The Morgan fingerprint density at radius 3 is 2.33 bits per heavy atom. The first-order valence-corrected chi connectivity index (χ1v) is 6.42. The normalized spacial score (nSPS) is 26.2. The molecule has 104 valence electrons. The van der Waals surface area contributed by atoms with Gasteiger partial charge in [0, 0.05) is 13.1 Å². The van der Waals surface area contributed by atoms with E-state index in [0.29, 0.717) is 19.4 Å². The summed E-state index contributed by atoms with van der Waals surface area (Å²) in [7, 11) is 0. The Hall–Kier alpha value is -1.10. The highest BCUT2D eigenvalue weighted by Gasteiger charge is 2.46. The first-order valence-electron chi connectivity index (χ1n) is 6.42. The van der Waals surface area contributed by atoms with Gasteiger partial charge in [-0.3, -0.25) is 9.59 Å². The van der Waals surface area contributed by atoms with Crippen LogP contribution in [-0.4, -0.2) is 41.0 Å². The zero-order chi connectivity index (χ0) is 14.1. The molecule has 5 nitrogen and oxygen atoms in total. The van der Waals surface area contributed by atoms with Crippen LogP contribution in [0, 0.1) is 10.8 Å². The number of rotatable bonds is 3. The van der Waals surface area contributed by atoms with E-state index in [9.17, 15) is 14.7 Å². The van der Waals surface area contributed by atoms with Gasteiger partial charge >= 0.3 is 5.97 Å². The summed E-state index contributed by atoms with van der Waals surface area (Å²) >= 11 is 0. The van der Waals surface area contributed by atoms with E-state index in [1.54, 1.807) is 4.90 Å². The van der Waals surface area contributed by atoms with Crippen molar-refractivity contribution in [3.05, 3.63) is 0 Å². The summed E-state index contributed by atoms with van der Waals surface area (Å²) in [6.45, 7) is 8.36. The molecule has 2 atom stereocenters. The van der Waals surface area contributed by atoms with Crippen LogP contribution in [0.1, 0.15) is 40.5 Å². The molecular weight excluding hydrogens is 232 g/mol. The number of carboxylic acid groups (broad SMARTS) is 1. The number of carbonyl (C=O) groups excluding carboxylic acids is 1. The number of carboxylic acids is 1. The second-order valence-electron chi connectivity index (χ2n) is 6.29. The van der Waals surface area contributed by atoms with Gasteiger partial charge in [0.1, 0.15) is 0 Å². The van der Waals surface area contributed by atoms with Crippen LogP contribution >= 0.6 is 0 Å². The fourth-order valence-electron chi connectivity index (χ4n) is 2.24. The minimum absolute atomic E-state index is 0.140. The molecule has 1 aliphatic rings. The molecule has 0 bridgehead atoms. The highest BCUT2D eigenvalue weighted by molar-refractivity contribution is 5.84. The van der Waals surface area contributed by atoms with Gasteiger partial charge in [-0.05, 0) is 18.3 Å². The lowest BCUT2D eigenvalue weighted by molar-refractivity contribution is -0.148. The number of hydrogen-bond acceptors (Lipinski definition) is 3. The van der Waals surface area contributed by atoms with Gasteiger partial charge in [0.2, 0.25) is 5.91 Å². The maximum atomic E-state index is 12.2. The Morgan fingerprint density at radius 1 is 1.44 bits per heavy atom. The minimum atomic E-state index is -0.815. The fourth-order valence-corrected chi connectivity index (χ4v) is 2.24. The third kappa shape index (κ3) is 2.66. The zero-order valence-electron chi connectivity index (χ0n) is 11.7. The van der Waals surface area contributed by atoms with Crippen LogP contribution in [0.5, 0.6) is 0 Å². The van der Waals surface area contributed by atoms with Crippen LogP contribution in [0.25, 0.3) is 0 Å². The van der Waals surface area contributed by atoms with Gasteiger partial charge in [-0.15, -0.1) is 0 Å². The van der Waals surface area contributed by atoms with E-state index in [2.05, 4.69) is 0 Å². The van der Waals surface area contributed by atoms with E-state index in [1.165, 1.54) is 0 Å². The number of nitrogens with zero attached hydrogens (tertiary/aromatic N) is 1. The lowest BCUT2D eigenvalue weighted by Crippen LogP contribution is -2.50. The van der Waals surface area contributed by atoms with Crippen LogP contribution in [0.4, 0.5) is 0 Å². The highest BCUT2D eigenvalue weighted by atomic mass is 16.4. The molecule has 1 amide bonds. The molecule has 0 radical (unpaired) electrons. The Bertz CT molecular complexity index is 349. The molecule has 0 aliphatic carbocycles. The van der Waals surface area contributed by atoms with Crippen molar-refractivity contribution in [3.8, 4) is 0 Å². The van der Waals surface area contributed by atoms with Gasteiger partial charge in [0.25, 0.3) is 0 Å². The molecule has 0 spiro atoms. The number of hydrogen-bond donors (Lipinski definition) is 2. The molecular formula is C13H24N2O3. The van der Waals surface area contributed by atoms with Crippen LogP contribution in [0.3, 0.4) is 0 Å². The van der Waals surface area contributed by atoms with Crippen LogP contribution < -0.4 is 5.73 Å². The molecule has 1 heterocycles. The van der Waals surface area contributed by atoms with E-state index in [0.717, 1.165) is 0 Å². The first-order chi connectivity index (χ1) is 8.14. The minimum Gasteiger partial charge on any atom is -0.481 e. The number of amides is 1. The van der Waals surface area contributed by atoms with Gasteiger partial charge in [0.15, 0.2) is 0 Å². The quantitative estimate of drug-likeness (QED) is 0.791. The Morgan fingerprint density at radius 2 is 2.00 bits per heavy atom. The molecule has 0 saturated carbocycles. The zero-order valence-corrected chi connectivity index (χ0v) is 11.7. The summed E-state index contributed by atoms with van der Waals surface area (Å²) in [5.74, 6) is -0.955. The monoisotopic (exact) mass is 256 g/mol. The first kappa shape index (κ1) is 15.0. The lowest BCUT2D eigenvalue weighted by atomic mass is 9.84. The number of likely N-dealkylation sites (tertiary alicyclic amines) is 1. The van der Waals surface area contributed by atoms with Crippen molar-refractivity contribution >= 4 is 11.9 Å². The number of carbonyl (C=O) groups is 2. The SMILES string of the molecule is CCC1(C(=O)O)CCN(C(=O)[C@@H](N)C(C)(C)C)C1. The average molecular weight is 256 g/mol. The second kappa shape index (κ2) is 4.88.